The minimum atomic E-state index is -0.518. The molecule has 0 saturated heterocycles. The van der Waals surface area contributed by atoms with Crippen molar-refractivity contribution in [2.75, 3.05) is 0 Å². The van der Waals surface area contributed by atoms with Crippen molar-refractivity contribution >= 4 is 11.4 Å². The van der Waals surface area contributed by atoms with E-state index >= 15 is 0 Å². The number of aliphatic hydroxyl groups excluding tert-OH is 1. The van der Waals surface area contributed by atoms with Gasteiger partial charge in [0.2, 0.25) is 0 Å². The Morgan fingerprint density at radius 3 is 3.00 bits per heavy atom. The van der Waals surface area contributed by atoms with Crippen LogP contribution >= 0.6 is 0 Å². The van der Waals surface area contributed by atoms with Gasteiger partial charge in [0.25, 0.3) is 5.91 Å². The van der Waals surface area contributed by atoms with Crippen LogP contribution in [0.3, 0.4) is 0 Å². The summed E-state index contributed by atoms with van der Waals surface area (Å²) in [5.74, 6) is -0.518. The van der Waals surface area contributed by atoms with Crippen molar-refractivity contribution in [1.82, 2.24) is 9.61 Å². The van der Waals surface area contributed by atoms with Gasteiger partial charge >= 0.3 is 0 Å². The summed E-state index contributed by atoms with van der Waals surface area (Å²) in [5, 5.41) is 13.0. The monoisotopic (exact) mass is 191 g/mol. The summed E-state index contributed by atoms with van der Waals surface area (Å²) < 4.78 is 1.50. The molecule has 0 atom stereocenters. The van der Waals surface area contributed by atoms with Crippen LogP contribution in [-0.4, -0.2) is 20.6 Å². The van der Waals surface area contributed by atoms with E-state index in [0.29, 0.717) is 16.8 Å². The van der Waals surface area contributed by atoms with Gasteiger partial charge in [-0.25, -0.2) is 4.52 Å². The zero-order valence-corrected chi connectivity index (χ0v) is 7.34. The van der Waals surface area contributed by atoms with Crippen molar-refractivity contribution in [2.45, 2.75) is 6.61 Å². The van der Waals surface area contributed by atoms with E-state index in [2.05, 4.69) is 5.10 Å². The van der Waals surface area contributed by atoms with Crippen LogP contribution in [0.2, 0.25) is 0 Å². The van der Waals surface area contributed by atoms with Gasteiger partial charge in [0.1, 0.15) is 0 Å². The van der Waals surface area contributed by atoms with E-state index in [4.69, 9.17) is 10.8 Å². The highest BCUT2D eigenvalue weighted by molar-refractivity contribution is 5.99. The fraction of sp³-hybridized carbons (Fsp3) is 0.111. The Balaban J connectivity index is 2.75. The van der Waals surface area contributed by atoms with Gasteiger partial charge in [-0.1, -0.05) is 6.07 Å². The van der Waals surface area contributed by atoms with Crippen LogP contribution in [0.4, 0.5) is 0 Å². The number of fused-ring (bicyclic) bond motifs is 1. The molecule has 0 aromatic carbocycles. The zero-order valence-electron chi connectivity index (χ0n) is 7.34. The maximum Gasteiger partial charge on any atom is 0.252 e. The quantitative estimate of drug-likeness (QED) is 0.697. The number of nitrogens with two attached hydrogens (primary N) is 1. The van der Waals surface area contributed by atoms with E-state index in [1.54, 1.807) is 18.2 Å². The average Bonchev–Trinajstić information content (AvgIpc) is 2.60. The third-order valence-corrected chi connectivity index (χ3v) is 2.05. The lowest BCUT2D eigenvalue weighted by Crippen LogP contribution is -2.10. The average molecular weight is 191 g/mol. The van der Waals surface area contributed by atoms with E-state index in [1.807, 2.05) is 0 Å². The molecule has 0 bridgehead atoms. The Morgan fingerprint density at radius 2 is 2.36 bits per heavy atom. The second-order valence-corrected chi connectivity index (χ2v) is 2.89. The molecule has 0 aliphatic heterocycles. The number of aromatic nitrogens is 2. The molecule has 0 aliphatic carbocycles. The second kappa shape index (κ2) is 3.12. The van der Waals surface area contributed by atoms with Gasteiger partial charge < -0.3 is 10.8 Å². The molecule has 0 spiro atoms. The Kier molecular flexibility index (Phi) is 1.94. The highest BCUT2D eigenvalue weighted by Gasteiger charge is 2.10. The second-order valence-electron chi connectivity index (χ2n) is 2.89. The number of carbonyl (C=O) groups excluding carboxylic acids is 1. The van der Waals surface area contributed by atoms with Gasteiger partial charge in [-0.3, -0.25) is 4.79 Å². The smallest absolute Gasteiger partial charge is 0.252 e. The van der Waals surface area contributed by atoms with Crippen molar-refractivity contribution in [3.63, 3.8) is 0 Å². The normalized spacial score (nSPS) is 10.6. The maximum atomic E-state index is 11.0. The molecule has 0 saturated carbocycles. The van der Waals surface area contributed by atoms with Crippen molar-refractivity contribution < 1.29 is 9.90 Å². The van der Waals surface area contributed by atoms with E-state index < -0.39 is 5.91 Å². The molecule has 2 rings (SSSR count). The van der Waals surface area contributed by atoms with Gasteiger partial charge in [-0.05, 0) is 12.1 Å². The zero-order chi connectivity index (χ0) is 10.1. The van der Waals surface area contributed by atoms with Gasteiger partial charge in [-0.15, -0.1) is 0 Å². The van der Waals surface area contributed by atoms with Crippen molar-refractivity contribution in [3.05, 3.63) is 35.7 Å². The molecule has 14 heavy (non-hydrogen) atoms. The molecular formula is C9H9N3O2. The SMILES string of the molecule is NC(=O)c1cnn2c(CO)cccc12. The van der Waals surface area contributed by atoms with Crippen LogP contribution in [0.15, 0.2) is 24.4 Å². The minimum Gasteiger partial charge on any atom is -0.390 e. The number of primary amides is 1. The largest absolute Gasteiger partial charge is 0.390 e. The van der Waals surface area contributed by atoms with Crippen molar-refractivity contribution in [2.24, 2.45) is 5.73 Å². The van der Waals surface area contributed by atoms with E-state index in [9.17, 15) is 4.79 Å². The minimum absolute atomic E-state index is 0.128. The highest BCUT2D eigenvalue weighted by atomic mass is 16.3. The first kappa shape index (κ1) is 8.71. The molecule has 2 aromatic rings. The first-order valence-corrected chi connectivity index (χ1v) is 4.10. The first-order valence-electron chi connectivity index (χ1n) is 4.10. The predicted octanol–water partition coefficient (Wildman–Crippen LogP) is -0.0745. The molecule has 0 fully saturated rings. The van der Waals surface area contributed by atoms with Crippen LogP contribution in [-0.2, 0) is 6.61 Å². The van der Waals surface area contributed by atoms with Gasteiger partial charge in [0.05, 0.1) is 29.6 Å². The molecule has 5 nitrogen and oxygen atoms in total. The lowest BCUT2D eigenvalue weighted by molar-refractivity contribution is 0.100. The molecule has 0 radical (unpaired) electrons. The molecule has 2 aromatic heterocycles. The number of rotatable bonds is 2. The van der Waals surface area contributed by atoms with Crippen LogP contribution < -0.4 is 5.73 Å². The van der Waals surface area contributed by atoms with E-state index in [0.717, 1.165) is 0 Å². The molecular weight excluding hydrogens is 182 g/mol. The van der Waals surface area contributed by atoms with Crippen LogP contribution in [0.5, 0.6) is 0 Å². The summed E-state index contributed by atoms with van der Waals surface area (Å²) in [4.78, 5) is 11.0. The fourth-order valence-electron chi connectivity index (χ4n) is 1.38. The molecule has 3 N–H and O–H groups in total. The molecule has 0 aliphatic rings. The van der Waals surface area contributed by atoms with Crippen molar-refractivity contribution in [3.8, 4) is 0 Å². The number of nitrogens with zero attached hydrogens (tertiary/aromatic N) is 2. The number of pyridine rings is 1. The molecule has 72 valence electrons. The van der Waals surface area contributed by atoms with Crippen molar-refractivity contribution in [1.29, 1.82) is 0 Å². The van der Waals surface area contributed by atoms with Gasteiger partial charge in [-0.2, -0.15) is 5.10 Å². The Hall–Kier alpha value is -1.88. The number of carbonyl (C=O) groups is 1. The number of hydrogen-bond donors (Lipinski definition) is 2. The van der Waals surface area contributed by atoms with Gasteiger partial charge in [0, 0.05) is 0 Å². The van der Waals surface area contributed by atoms with Gasteiger partial charge in [0.15, 0.2) is 0 Å². The third kappa shape index (κ3) is 1.14. The standard InChI is InChI=1S/C9H9N3O2/c10-9(14)7-4-11-12-6(5-13)2-1-3-8(7)12/h1-4,13H,5H2,(H2,10,14). The topological polar surface area (TPSA) is 80.6 Å². The summed E-state index contributed by atoms with van der Waals surface area (Å²) >= 11 is 0. The van der Waals surface area contributed by atoms with E-state index in [1.165, 1.54) is 10.7 Å². The summed E-state index contributed by atoms with van der Waals surface area (Å²) in [6.07, 6.45) is 1.40. The molecule has 2 heterocycles. The summed E-state index contributed by atoms with van der Waals surface area (Å²) in [7, 11) is 0. The van der Waals surface area contributed by atoms with Crippen LogP contribution in [0.25, 0.3) is 5.52 Å². The fourth-order valence-corrected chi connectivity index (χ4v) is 1.38. The predicted molar refractivity (Wildman–Crippen MR) is 49.6 cm³/mol. The van der Waals surface area contributed by atoms with E-state index in [-0.39, 0.29) is 6.61 Å². The highest BCUT2D eigenvalue weighted by Crippen LogP contribution is 2.12. The summed E-state index contributed by atoms with van der Waals surface area (Å²) in [6, 6.07) is 5.20. The maximum absolute atomic E-state index is 11.0. The number of hydrogen-bond acceptors (Lipinski definition) is 3. The summed E-state index contributed by atoms with van der Waals surface area (Å²) in [5.41, 5.74) is 6.76. The van der Waals surface area contributed by atoms with Crippen LogP contribution in [0.1, 0.15) is 16.1 Å². The molecule has 5 heteroatoms. The Morgan fingerprint density at radius 1 is 1.57 bits per heavy atom. The molecule has 0 unspecified atom stereocenters. The summed E-state index contributed by atoms with van der Waals surface area (Å²) in [6.45, 7) is -0.128. The molecule has 1 amide bonds. The van der Waals surface area contributed by atoms with Crippen LogP contribution in [0, 0.1) is 0 Å². The number of amides is 1. The number of aliphatic hydroxyl groups is 1. The Labute approximate surface area is 79.8 Å². The lowest BCUT2D eigenvalue weighted by Gasteiger charge is -2.00. The first-order chi connectivity index (χ1) is 6.74. The third-order valence-electron chi connectivity index (χ3n) is 2.05. The Bertz CT molecular complexity index is 490. The lowest BCUT2D eigenvalue weighted by atomic mass is 10.2.